The van der Waals surface area contributed by atoms with Crippen molar-refractivity contribution < 1.29 is 9.53 Å². The number of carbonyl (C=O) groups is 1. The minimum Gasteiger partial charge on any atom is -0.497 e. The van der Waals surface area contributed by atoms with Crippen molar-refractivity contribution in [1.82, 2.24) is 15.3 Å². The fourth-order valence-corrected chi connectivity index (χ4v) is 3.39. The predicted octanol–water partition coefficient (Wildman–Crippen LogP) is 2.93. The maximum Gasteiger partial charge on any atom is 0.251 e. The van der Waals surface area contributed by atoms with E-state index >= 15 is 0 Å². The van der Waals surface area contributed by atoms with Crippen molar-refractivity contribution in [3.63, 3.8) is 0 Å². The Morgan fingerprint density at radius 2 is 1.86 bits per heavy atom. The molecule has 0 saturated carbocycles. The molecule has 1 aromatic heterocycles. The molecule has 7 heteroatoms. The number of rotatable bonds is 8. The highest BCUT2D eigenvalue weighted by molar-refractivity contribution is 7.98. The number of hydrogen-bond acceptors (Lipinski definition) is 5. The molecule has 0 bridgehead atoms. The molecule has 0 aliphatic heterocycles. The SMILES string of the molecule is COc1ccc(CNC(=O)Cc2cc(=O)[nH]c(SCc3ccccc3)n2)cc1. The van der Waals surface area contributed by atoms with E-state index in [0.29, 0.717) is 23.1 Å². The molecule has 0 fully saturated rings. The topological polar surface area (TPSA) is 84.1 Å². The number of carbonyl (C=O) groups excluding carboxylic acids is 1. The molecule has 0 atom stereocenters. The van der Waals surface area contributed by atoms with Crippen LogP contribution in [0.4, 0.5) is 0 Å². The molecule has 0 spiro atoms. The lowest BCUT2D eigenvalue weighted by atomic mass is 10.2. The maximum absolute atomic E-state index is 12.2. The highest BCUT2D eigenvalue weighted by atomic mass is 32.2. The number of aromatic amines is 1. The van der Waals surface area contributed by atoms with E-state index in [2.05, 4.69) is 15.3 Å². The lowest BCUT2D eigenvalue weighted by Crippen LogP contribution is -2.25. The summed E-state index contributed by atoms with van der Waals surface area (Å²) in [6, 6.07) is 18.8. The van der Waals surface area contributed by atoms with Crippen LogP contribution in [0, 0.1) is 0 Å². The highest BCUT2D eigenvalue weighted by Crippen LogP contribution is 2.18. The second-order valence-electron chi connectivity index (χ2n) is 6.12. The first-order valence-corrected chi connectivity index (χ1v) is 9.77. The van der Waals surface area contributed by atoms with Crippen molar-refractivity contribution in [2.24, 2.45) is 0 Å². The monoisotopic (exact) mass is 395 g/mol. The number of ether oxygens (including phenoxy) is 1. The molecule has 28 heavy (non-hydrogen) atoms. The van der Waals surface area contributed by atoms with Gasteiger partial charge in [0.1, 0.15) is 5.75 Å². The van der Waals surface area contributed by atoms with Crippen molar-refractivity contribution in [2.45, 2.75) is 23.9 Å². The van der Waals surface area contributed by atoms with Crippen molar-refractivity contribution in [2.75, 3.05) is 7.11 Å². The summed E-state index contributed by atoms with van der Waals surface area (Å²) in [4.78, 5) is 31.2. The van der Waals surface area contributed by atoms with Crippen LogP contribution in [-0.2, 0) is 23.5 Å². The van der Waals surface area contributed by atoms with Crippen molar-refractivity contribution >= 4 is 17.7 Å². The third-order valence-electron chi connectivity index (χ3n) is 3.98. The van der Waals surface area contributed by atoms with Crippen LogP contribution in [0.1, 0.15) is 16.8 Å². The molecule has 0 aliphatic rings. The summed E-state index contributed by atoms with van der Waals surface area (Å²) >= 11 is 1.43. The van der Waals surface area contributed by atoms with E-state index < -0.39 is 0 Å². The standard InChI is InChI=1S/C21H21N3O3S/c1-27-18-9-7-15(8-10-18)13-22-19(25)11-17-12-20(26)24-21(23-17)28-14-16-5-3-2-4-6-16/h2-10,12H,11,13-14H2,1H3,(H,22,25)(H,23,24,26). The number of nitrogens with one attached hydrogen (secondary N) is 2. The molecule has 6 nitrogen and oxygen atoms in total. The number of thioether (sulfide) groups is 1. The Hall–Kier alpha value is -3.06. The number of hydrogen-bond donors (Lipinski definition) is 2. The second-order valence-corrected chi connectivity index (χ2v) is 7.08. The van der Waals surface area contributed by atoms with Crippen LogP contribution in [0.15, 0.2) is 70.6 Å². The second kappa shape index (κ2) is 9.75. The van der Waals surface area contributed by atoms with Gasteiger partial charge in [-0.05, 0) is 23.3 Å². The summed E-state index contributed by atoms with van der Waals surface area (Å²) in [7, 11) is 1.61. The molecule has 1 amide bonds. The van der Waals surface area contributed by atoms with E-state index in [4.69, 9.17) is 4.74 Å². The van der Waals surface area contributed by atoms with Crippen molar-refractivity contribution in [3.05, 3.63) is 87.8 Å². The Kier molecular flexibility index (Phi) is 6.86. The smallest absolute Gasteiger partial charge is 0.251 e. The third kappa shape index (κ3) is 5.99. The lowest BCUT2D eigenvalue weighted by molar-refractivity contribution is -0.120. The van der Waals surface area contributed by atoms with Crippen LogP contribution >= 0.6 is 11.8 Å². The Balaban J connectivity index is 1.56. The van der Waals surface area contributed by atoms with Gasteiger partial charge < -0.3 is 15.0 Å². The molecule has 2 N–H and O–H groups in total. The molecule has 2 aromatic carbocycles. The molecule has 144 valence electrons. The fraction of sp³-hybridized carbons (Fsp3) is 0.190. The lowest BCUT2D eigenvalue weighted by Gasteiger charge is -2.07. The molecule has 0 aliphatic carbocycles. The van der Waals surface area contributed by atoms with E-state index in [1.165, 1.54) is 17.8 Å². The Bertz CT molecular complexity index is 972. The normalized spacial score (nSPS) is 10.5. The van der Waals surface area contributed by atoms with E-state index in [1.54, 1.807) is 7.11 Å². The van der Waals surface area contributed by atoms with Gasteiger partial charge in [-0.1, -0.05) is 54.2 Å². The van der Waals surface area contributed by atoms with E-state index in [9.17, 15) is 9.59 Å². The number of H-pyrrole nitrogens is 1. The van der Waals surface area contributed by atoms with Gasteiger partial charge in [0.2, 0.25) is 5.91 Å². The maximum atomic E-state index is 12.2. The minimum absolute atomic E-state index is 0.0545. The molecule has 3 aromatic rings. The first-order valence-electron chi connectivity index (χ1n) is 8.79. The van der Waals surface area contributed by atoms with Gasteiger partial charge in [-0.3, -0.25) is 9.59 Å². The van der Waals surface area contributed by atoms with Crippen LogP contribution in [0.25, 0.3) is 0 Å². The molecule has 3 rings (SSSR count). The van der Waals surface area contributed by atoms with Gasteiger partial charge in [-0.25, -0.2) is 4.98 Å². The first kappa shape index (κ1) is 19.7. The summed E-state index contributed by atoms with van der Waals surface area (Å²) in [5.74, 6) is 1.27. The van der Waals surface area contributed by atoms with Crippen molar-refractivity contribution in [1.29, 1.82) is 0 Å². The zero-order valence-corrected chi connectivity index (χ0v) is 16.3. The highest BCUT2D eigenvalue weighted by Gasteiger charge is 2.08. The van der Waals surface area contributed by atoms with Crippen LogP contribution in [0.3, 0.4) is 0 Å². The van der Waals surface area contributed by atoms with Gasteiger partial charge in [-0.15, -0.1) is 0 Å². The van der Waals surface area contributed by atoms with Crippen LogP contribution in [0.2, 0.25) is 0 Å². The molecular formula is C21H21N3O3S. The number of nitrogens with zero attached hydrogens (tertiary/aromatic N) is 1. The molecule has 1 heterocycles. The Labute approximate surface area is 167 Å². The third-order valence-corrected chi connectivity index (χ3v) is 4.93. The fourth-order valence-electron chi connectivity index (χ4n) is 2.54. The first-order chi connectivity index (χ1) is 13.6. The summed E-state index contributed by atoms with van der Waals surface area (Å²) in [5, 5.41) is 3.35. The number of amides is 1. The molecule has 0 saturated heterocycles. The van der Waals surface area contributed by atoms with Gasteiger partial charge in [0, 0.05) is 18.4 Å². The van der Waals surface area contributed by atoms with E-state index in [-0.39, 0.29) is 17.9 Å². The molecular weight excluding hydrogens is 374 g/mol. The molecule has 0 unspecified atom stereocenters. The van der Waals surface area contributed by atoms with E-state index in [0.717, 1.165) is 16.9 Å². The average Bonchev–Trinajstić information content (AvgIpc) is 2.71. The Morgan fingerprint density at radius 1 is 1.11 bits per heavy atom. The summed E-state index contributed by atoms with van der Waals surface area (Å²) in [6.45, 7) is 0.404. The summed E-state index contributed by atoms with van der Waals surface area (Å²) in [6.07, 6.45) is 0.0545. The van der Waals surface area contributed by atoms with Crippen LogP contribution in [-0.4, -0.2) is 23.0 Å². The predicted molar refractivity (Wildman–Crippen MR) is 109 cm³/mol. The summed E-state index contributed by atoms with van der Waals surface area (Å²) < 4.78 is 5.11. The zero-order chi connectivity index (χ0) is 19.8. The van der Waals surface area contributed by atoms with Crippen molar-refractivity contribution in [3.8, 4) is 5.75 Å². The van der Waals surface area contributed by atoms with Gasteiger partial charge in [0.15, 0.2) is 5.16 Å². The minimum atomic E-state index is -0.261. The van der Waals surface area contributed by atoms with E-state index in [1.807, 2.05) is 54.6 Å². The zero-order valence-electron chi connectivity index (χ0n) is 15.5. The summed E-state index contributed by atoms with van der Waals surface area (Å²) in [5.41, 5.74) is 2.29. The van der Waals surface area contributed by atoms with Crippen LogP contribution in [0.5, 0.6) is 5.75 Å². The number of benzene rings is 2. The van der Waals surface area contributed by atoms with Gasteiger partial charge >= 0.3 is 0 Å². The average molecular weight is 395 g/mol. The molecule has 0 radical (unpaired) electrons. The Morgan fingerprint density at radius 3 is 2.57 bits per heavy atom. The quantitative estimate of drug-likeness (QED) is 0.453. The van der Waals surface area contributed by atoms with Gasteiger partial charge in [0.05, 0.1) is 19.2 Å². The number of methoxy groups -OCH3 is 1. The van der Waals surface area contributed by atoms with Gasteiger partial charge in [0.25, 0.3) is 5.56 Å². The number of aromatic nitrogens is 2. The van der Waals surface area contributed by atoms with Gasteiger partial charge in [-0.2, -0.15) is 0 Å². The largest absolute Gasteiger partial charge is 0.497 e. The van der Waals surface area contributed by atoms with Crippen LogP contribution < -0.4 is 15.6 Å².